The zero-order valence-corrected chi connectivity index (χ0v) is 18.4. The van der Waals surface area contributed by atoms with E-state index in [-0.39, 0.29) is 5.41 Å². The molecular weight excluding hydrogens is 376 g/mol. The van der Waals surface area contributed by atoms with Gasteiger partial charge in [0.15, 0.2) is 0 Å². The van der Waals surface area contributed by atoms with E-state index in [0.29, 0.717) is 18.9 Å². The number of likely N-dealkylation sites (N-methyl/N-ethyl adjacent to an activating group) is 1. The molecule has 0 radical (unpaired) electrons. The Hall–Kier alpha value is -2.18. The lowest BCUT2D eigenvalue weighted by molar-refractivity contribution is -0.107. The normalized spacial score (nSPS) is 17.8. The Labute approximate surface area is 179 Å². The van der Waals surface area contributed by atoms with Crippen molar-refractivity contribution in [3.05, 3.63) is 53.4 Å². The van der Waals surface area contributed by atoms with E-state index in [1.807, 2.05) is 12.4 Å². The standard InChI is InChI=1S/C14H22N2O.C10H12N2O/c1-3-8-16(2)10-14(17)13-9-15-7-6-12(13)11-4-5-11;1-10(3-4-10)9-11-6-8(2-5-13)7-12-9/h6-7,9,11,14,17H,3-5,8,10H2,1-2H3;5-7H,2-4H2,1H3. The van der Waals surface area contributed by atoms with Crippen LogP contribution in [0.25, 0.3) is 0 Å². The molecule has 2 heterocycles. The average Bonchev–Trinajstić information content (AvgIpc) is 3.66. The van der Waals surface area contributed by atoms with Crippen LogP contribution in [0.3, 0.4) is 0 Å². The summed E-state index contributed by atoms with van der Waals surface area (Å²) in [7, 11) is 2.06. The first-order valence-corrected chi connectivity index (χ1v) is 11.0. The van der Waals surface area contributed by atoms with Gasteiger partial charge in [0.1, 0.15) is 12.1 Å². The number of hydrogen-bond donors (Lipinski definition) is 1. The zero-order valence-electron chi connectivity index (χ0n) is 18.4. The van der Waals surface area contributed by atoms with Gasteiger partial charge in [-0.1, -0.05) is 13.8 Å². The molecule has 0 bridgehead atoms. The minimum absolute atomic E-state index is 0.222. The van der Waals surface area contributed by atoms with E-state index >= 15 is 0 Å². The molecular formula is C24H34N4O2. The van der Waals surface area contributed by atoms with Crippen molar-refractivity contribution in [3.63, 3.8) is 0 Å². The molecule has 30 heavy (non-hydrogen) atoms. The van der Waals surface area contributed by atoms with Crippen LogP contribution in [0.1, 0.15) is 80.5 Å². The van der Waals surface area contributed by atoms with Gasteiger partial charge in [-0.05, 0) is 68.8 Å². The van der Waals surface area contributed by atoms with Crippen molar-refractivity contribution in [2.75, 3.05) is 20.1 Å². The summed E-state index contributed by atoms with van der Waals surface area (Å²) in [6.07, 6.45) is 14.0. The second kappa shape index (κ2) is 10.2. The van der Waals surface area contributed by atoms with Crippen LogP contribution < -0.4 is 0 Å². The Morgan fingerprint density at radius 3 is 2.53 bits per heavy atom. The maximum Gasteiger partial charge on any atom is 0.134 e. The fourth-order valence-electron chi connectivity index (χ4n) is 3.61. The third kappa shape index (κ3) is 6.16. The maximum absolute atomic E-state index is 10.3. The first-order valence-electron chi connectivity index (χ1n) is 11.0. The molecule has 162 valence electrons. The van der Waals surface area contributed by atoms with Crippen molar-refractivity contribution in [1.29, 1.82) is 0 Å². The quantitative estimate of drug-likeness (QED) is 0.636. The molecule has 1 N–H and O–H groups in total. The smallest absolute Gasteiger partial charge is 0.134 e. The van der Waals surface area contributed by atoms with Gasteiger partial charge in [0, 0.05) is 48.7 Å². The molecule has 2 saturated carbocycles. The van der Waals surface area contributed by atoms with Crippen molar-refractivity contribution in [1.82, 2.24) is 19.9 Å². The van der Waals surface area contributed by atoms with Gasteiger partial charge in [0.25, 0.3) is 0 Å². The number of aliphatic hydroxyl groups is 1. The SMILES string of the molecule is CC1(c2ncc(CC=O)cn2)CC1.CCCN(C)CC(O)c1cnccc1C1CC1. The number of pyridine rings is 1. The van der Waals surface area contributed by atoms with E-state index in [1.54, 1.807) is 12.4 Å². The van der Waals surface area contributed by atoms with Crippen LogP contribution in [0.5, 0.6) is 0 Å². The molecule has 1 atom stereocenters. The van der Waals surface area contributed by atoms with Crippen LogP contribution >= 0.6 is 0 Å². The van der Waals surface area contributed by atoms with Crippen molar-refractivity contribution < 1.29 is 9.90 Å². The number of hydrogen-bond acceptors (Lipinski definition) is 6. The monoisotopic (exact) mass is 410 g/mol. The van der Waals surface area contributed by atoms with Crippen LogP contribution in [0.15, 0.2) is 30.9 Å². The van der Waals surface area contributed by atoms with Gasteiger partial charge in [-0.3, -0.25) is 4.98 Å². The molecule has 1 unspecified atom stereocenters. The molecule has 2 aromatic rings. The fraction of sp³-hybridized carbons (Fsp3) is 0.583. The Morgan fingerprint density at radius 2 is 1.97 bits per heavy atom. The van der Waals surface area contributed by atoms with Gasteiger partial charge in [0.05, 0.1) is 6.10 Å². The maximum atomic E-state index is 10.3. The summed E-state index contributed by atoms with van der Waals surface area (Å²) in [5, 5.41) is 10.3. The number of carbonyl (C=O) groups is 1. The van der Waals surface area contributed by atoms with E-state index in [2.05, 4.69) is 46.8 Å². The average molecular weight is 411 g/mol. The highest BCUT2D eigenvalue weighted by molar-refractivity contribution is 5.54. The third-order valence-corrected chi connectivity index (χ3v) is 5.92. The van der Waals surface area contributed by atoms with Gasteiger partial charge in [0.2, 0.25) is 0 Å². The van der Waals surface area contributed by atoms with Crippen molar-refractivity contribution in [2.45, 2.75) is 69.8 Å². The highest BCUT2D eigenvalue weighted by Crippen LogP contribution is 2.45. The summed E-state index contributed by atoms with van der Waals surface area (Å²) in [4.78, 5) is 25.1. The molecule has 6 nitrogen and oxygen atoms in total. The summed E-state index contributed by atoms with van der Waals surface area (Å²) < 4.78 is 0. The lowest BCUT2D eigenvalue weighted by atomic mass is 10.0. The second-order valence-electron chi connectivity index (χ2n) is 8.90. The predicted octanol–water partition coefficient (Wildman–Crippen LogP) is 3.60. The van der Waals surface area contributed by atoms with Gasteiger partial charge in [-0.15, -0.1) is 0 Å². The molecule has 0 aromatic carbocycles. The molecule has 0 spiro atoms. The number of nitrogens with zero attached hydrogens (tertiary/aromatic N) is 4. The number of aliphatic hydroxyl groups excluding tert-OH is 1. The second-order valence-corrected chi connectivity index (χ2v) is 8.90. The van der Waals surface area contributed by atoms with E-state index in [0.717, 1.165) is 36.2 Å². The Kier molecular flexibility index (Phi) is 7.67. The number of aldehydes is 1. The minimum Gasteiger partial charge on any atom is -0.387 e. The van der Waals surface area contributed by atoms with Gasteiger partial charge < -0.3 is 14.8 Å². The molecule has 0 amide bonds. The Bertz CT molecular complexity index is 816. The summed E-state index contributed by atoms with van der Waals surface area (Å²) in [5.41, 5.74) is 3.44. The van der Waals surface area contributed by atoms with Crippen molar-refractivity contribution in [2.24, 2.45) is 0 Å². The summed E-state index contributed by atoms with van der Waals surface area (Å²) in [5.74, 6) is 1.58. The van der Waals surface area contributed by atoms with E-state index in [1.165, 1.54) is 31.2 Å². The lowest BCUT2D eigenvalue weighted by Gasteiger charge is -2.21. The zero-order chi connectivity index (χ0) is 21.6. The van der Waals surface area contributed by atoms with Gasteiger partial charge in [-0.2, -0.15) is 0 Å². The molecule has 0 aliphatic heterocycles. The summed E-state index contributed by atoms with van der Waals surface area (Å²) >= 11 is 0. The van der Waals surface area contributed by atoms with Gasteiger partial charge in [-0.25, -0.2) is 9.97 Å². The molecule has 2 aliphatic rings. The molecule has 2 aromatic heterocycles. The van der Waals surface area contributed by atoms with Gasteiger partial charge >= 0.3 is 0 Å². The van der Waals surface area contributed by atoms with Crippen LogP contribution in [0.4, 0.5) is 0 Å². The highest BCUT2D eigenvalue weighted by atomic mass is 16.3. The molecule has 6 heteroatoms. The fourth-order valence-corrected chi connectivity index (χ4v) is 3.61. The van der Waals surface area contributed by atoms with E-state index < -0.39 is 6.10 Å². The van der Waals surface area contributed by atoms with Crippen molar-refractivity contribution >= 4 is 6.29 Å². The highest BCUT2D eigenvalue weighted by Gasteiger charge is 2.41. The number of carbonyl (C=O) groups excluding carboxylic acids is 1. The van der Waals surface area contributed by atoms with Crippen LogP contribution in [0.2, 0.25) is 0 Å². The molecule has 0 saturated heterocycles. The lowest BCUT2D eigenvalue weighted by Crippen LogP contribution is -2.25. The summed E-state index contributed by atoms with van der Waals surface area (Å²) in [6, 6.07) is 2.07. The number of aromatic nitrogens is 3. The molecule has 4 rings (SSSR count). The topological polar surface area (TPSA) is 79.2 Å². The first-order chi connectivity index (χ1) is 14.5. The van der Waals surface area contributed by atoms with E-state index in [9.17, 15) is 9.90 Å². The first kappa shape index (κ1) is 22.5. The van der Waals surface area contributed by atoms with Crippen molar-refractivity contribution in [3.8, 4) is 0 Å². The third-order valence-electron chi connectivity index (χ3n) is 5.92. The Balaban J connectivity index is 0.000000177. The Morgan fingerprint density at radius 1 is 1.27 bits per heavy atom. The minimum atomic E-state index is -0.407. The summed E-state index contributed by atoms with van der Waals surface area (Å²) in [6.45, 7) is 6.04. The number of rotatable bonds is 9. The molecule has 2 fully saturated rings. The molecule has 2 aliphatic carbocycles. The van der Waals surface area contributed by atoms with E-state index in [4.69, 9.17) is 0 Å². The van der Waals surface area contributed by atoms with Crippen LogP contribution in [0, 0.1) is 0 Å². The largest absolute Gasteiger partial charge is 0.387 e. The predicted molar refractivity (Wildman–Crippen MR) is 117 cm³/mol. The van der Waals surface area contributed by atoms with Crippen LogP contribution in [-0.2, 0) is 16.6 Å². The van der Waals surface area contributed by atoms with Crippen LogP contribution in [-0.4, -0.2) is 51.4 Å².